The first-order valence-corrected chi connectivity index (χ1v) is 11.8. The standard InChI is InChI=1S/C22H31N9O6/c23-14(6-12-8-25-10-27-12)19(33)30-16(7-13-9-26-11-28-13)21(35)31-5-1-2-17(31)20(34)29-15(22(36)37)3-4-18(24)32/h8-11,14-17H,1-7,23H2,(H2,24,32)(H,25,27)(H,26,28)(H,29,34)(H,30,33)(H,36,37). The van der Waals surface area contributed by atoms with Gasteiger partial charge in [0, 0.05) is 49.6 Å². The maximum atomic E-state index is 13.6. The molecule has 2 aromatic heterocycles. The molecule has 3 heterocycles. The maximum absolute atomic E-state index is 13.6. The second-order valence-electron chi connectivity index (χ2n) is 8.82. The molecule has 0 aromatic carbocycles. The topological polar surface area (TPSA) is 242 Å². The number of primary amides is 1. The van der Waals surface area contributed by atoms with Crippen LogP contribution in [0.5, 0.6) is 0 Å². The number of carbonyl (C=O) groups is 5. The number of nitrogens with one attached hydrogen (secondary N) is 4. The number of hydrogen-bond donors (Lipinski definition) is 7. The molecule has 0 spiro atoms. The van der Waals surface area contributed by atoms with Crippen LogP contribution in [-0.4, -0.2) is 90.3 Å². The van der Waals surface area contributed by atoms with Crippen molar-refractivity contribution in [3.05, 3.63) is 36.4 Å². The zero-order chi connectivity index (χ0) is 26.9. The van der Waals surface area contributed by atoms with Crippen LogP contribution < -0.4 is 22.1 Å². The Hall–Kier alpha value is -4.27. The number of aromatic nitrogens is 4. The van der Waals surface area contributed by atoms with Crippen molar-refractivity contribution >= 4 is 29.6 Å². The number of carboxylic acids is 1. The highest BCUT2D eigenvalue weighted by Gasteiger charge is 2.39. The number of carbonyl (C=O) groups excluding carboxylic acids is 4. The molecule has 4 unspecified atom stereocenters. The molecule has 4 atom stereocenters. The Balaban J connectivity index is 1.71. The van der Waals surface area contributed by atoms with Gasteiger partial charge in [-0.3, -0.25) is 19.2 Å². The summed E-state index contributed by atoms with van der Waals surface area (Å²) in [5.41, 5.74) is 12.4. The van der Waals surface area contributed by atoms with E-state index in [4.69, 9.17) is 11.5 Å². The summed E-state index contributed by atoms with van der Waals surface area (Å²) in [6.45, 7) is 0.242. The monoisotopic (exact) mass is 517 g/mol. The number of carboxylic acid groups (broad SMARTS) is 1. The van der Waals surface area contributed by atoms with Gasteiger partial charge in [-0.2, -0.15) is 0 Å². The number of nitrogens with two attached hydrogens (primary N) is 2. The van der Waals surface area contributed by atoms with Gasteiger partial charge >= 0.3 is 5.97 Å². The molecule has 0 aliphatic carbocycles. The quantitative estimate of drug-likeness (QED) is 0.149. The van der Waals surface area contributed by atoms with E-state index in [0.717, 1.165) is 0 Å². The predicted octanol–water partition coefficient (Wildman–Crippen LogP) is -2.44. The molecular formula is C22H31N9O6. The average Bonchev–Trinajstić information content (AvgIpc) is 3.63. The first-order valence-electron chi connectivity index (χ1n) is 11.8. The summed E-state index contributed by atoms with van der Waals surface area (Å²) in [7, 11) is 0. The first kappa shape index (κ1) is 27.3. The molecule has 1 fully saturated rings. The molecule has 0 radical (unpaired) electrons. The SMILES string of the molecule is NC(=O)CCC(NC(=O)C1CCCN1C(=O)C(Cc1cnc[nH]1)NC(=O)C(N)Cc1cnc[nH]1)C(=O)O. The lowest BCUT2D eigenvalue weighted by Crippen LogP contribution is -2.57. The number of H-pyrrole nitrogens is 2. The molecule has 1 saturated heterocycles. The van der Waals surface area contributed by atoms with Gasteiger partial charge in [0.1, 0.15) is 18.1 Å². The van der Waals surface area contributed by atoms with Gasteiger partial charge in [-0.05, 0) is 19.3 Å². The van der Waals surface area contributed by atoms with Crippen molar-refractivity contribution in [1.29, 1.82) is 0 Å². The Bertz CT molecular complexity index is 1090. The van der Waals surface area contributed by atoms with Crippen molar-refractivity contribution < 1.29 is 29.1 Å². The Kier molecular flexibility index (Phi) is 9.32. The molecule has 37 heavy (non-hydrogen) atoms. The van der Waals surface area contributed by atoms with Crippen molar-refractivity contribution in [1.82, 2.24) is 35.5 Å². The number of imidazole rings is 2. The van der Waals surface area contributed by atoms with Crippen LogP contribution in [0.3, 0.4) is 0 Å². The molecule has 15 nitrogen and oxygen atoms in total. The van der Waals surface area contributed by atoms with Gasteiger partial charge < -0.3 is 42.1 Å². The second-order valence-corrected chi connectivity index (χ2v) is 8.82. The van der Waals surface area contributed by atoms with E-state index in [0.29, 0.717) is 24.2 Å². The van der Waals surface area contributed by atoms with E-state index in [1.54, 1.807) is 6.20 Å². The van der Waals surface area contributed by atoms with Gasteiger partial charge in [-0.1, -0.05) is 0 Å². The highest BCUT2D eigenvalue weighted by atomic mass is 16.4. The van der Waals surface area contributed by atoms with E-state index < -0.39 is 53.8 Å². The summed E-state index contributed by atoms with van der Waals surface area (Å²) in [5.74, 6) is -3.75. The van der Waals surface area contributed by atoms with Crippen molar-refractivity contribution in [3.8, 4) is 0 Å². The summed E-state index contributed by atoms with van der Waals surface area (Å²) in [6, 6.07) is -4.29. The molecule has 1 aliphatic heterocycles. The lowest BCUT2D eigenvalue weighted by molar-refractivity contribution is -0.145. The minimum Gasteiger partial charge on any atom is -0.480 e. The third-order valence-electron chi connectivity index (χ3n) is 6.06. The summed E-state index contributed by atoms with van der Waals surface area (Å²) in [6.07, 6.45) is 6.62. The lowest BCUT2D eigenvalue weighted by atomic mass is 10.1. The van der Waals surface area contributed by atoms with Crippen molar-refractivity contribution in [2.45, 2.75) is 62.7 Å². The fourth-order valence-electron chi connectivity index (χ4n) is 4.14. The van der Waals surface area contributed by atoms with Gasteiger partial charge in [0.25, 0.3) is 0 Å². The fourth-order valence-corrected chi connectivity index (χ4v) is 4.14. The zero-order valence-electron chi connectivity index (χ0n) is 20.1. The van der Waals surface area contributed by atoms with Gasteiger partial charge in [0.15, 0.2) is 0 Å². The van der Waals surface area contributed by atoms with Crippen molar-refractivity contribution in [3.63, 3.8) is 0 Å². The third kappa shape index (κ3) is 7.60. The van der Waals surface area contributed by atoms with Crippen LogP contribution >= 0.6 is 0 Å². The molecule has 200 valence electrons. The molecule has 0 saturated carbocycles. The first-order chi connectivity index (χ1) is 17.7. The summed E-state index contributed by atoms with van der Waals surface area (Å²) < 4.78 is 0. The molecule has 15 heteroatoms. The molecule has 4 amide bonds. The molecule has 0 bridgehead atoms. The molecule has 2 aromatic rings. The largest absolute Gasteiger partial charge is 0.480 e. The molecule has 9 N–H and O–H groups in total. The van der Waals surface area contributed by atoms with Crippen LogP contribution in [0, 0.1) is 0 Å². The third-order valence-corrected chi connectivity index (χ3v) is 6.06. The van der Waals surface area contributed by atoms with E-state index in [1.165, 1.54) is 23.8 Å². The van der Waals surface area contributed by atoms with Crippen molar-refractivity contribution in [2.24, 2.45) is 11.5 Å². The zero-order valence-corrected chi connectivity index (χ0v) is 20.1. The number of aliphatic carboxylic acids is 1. The van der Waals surface area contributed by atoms with Gasteiger partial charge in [-0.25, -0.2) is 14.8 Å². The number of aromatic amines is 2. The van der Waals surface area contributed by atoms with Crippen LogP contribution in [0.1, 0.15) is 37.1 Å². The lowest BCUT2D eigenvalue weighted by Gasteiger charge is -2.29. The van der Waals surface area contributed by atoms with Gasteiger partial charge in [0.05, 0.1) is 18.7 Å². The Labute approximate surface area is 211 Å². The Morgan fingerprint density at radius 1 is 1.05 bits per heavy atom. The number of nitrogens with zero attached hydrogens (tertiary/aromatic N) is 3. The van der Waals surface area contributed by atoms with Crippen LogP contribution in [0.4, 0.5) is 0 Å². The van der Waals surface area contributed by atoms with E-state index in [1.807, 2.05) is 0 Å². The van der Waals surface area contributed by atoms with Gasteiger partial charge in [-0.15, -0.1) is 0 Å². The predicted molar refractivity (Wildman–Crippen MR) is 127 cm³/mol. The number of likely N-dealkylation sites (tertiary alicyclic amines) is 1. The molecule has 3 rings (SSSR count). The van der Waals surface area contributed by atoms with Gasteiger partial charge in [0.2, 0.25) is 23.6 Å². The Morgan fingerprint density at radius 2 is 1.70 bits per heavy atom. The number of rotatable bonds is 13. The highest BCUT2D eigenvalue weighted by molar-refractivity contribution is 5.94. The van der Waals surface area contributed by atoms with Crippen LogP contribution in [0.15, 0.2) is 25.0 Å². The molecule has 1 aliphatic rings. The summed E-state index contributed by atoms with van der Waals surface area (Å²) >= 11 is 0. The normalized spacial score (nSPS) is 17.5. The van der Waals surface area contributed by atoms with Crippen molar-refractivity contribution in [2.75, 3.05) is 6.54 Å². The minimum absolute atomic E-state index is 0.0720. The van der Waals surface area contributed by atoms with Crippen LogP contribution in [0.2, 0.25) is 0 Å². The number of amides is 4. The van der Waals surface area contributed by atoms with E-state index in [9.17, 15) is 29.1 Å². The summed E-state index contributed by atoms with van der Waals surface area (Å²) in [4.78, 5) is 76.8. The molecular weight excluding hydrogens is 486 g/mol. The van der Waals surface area contributed by atoms with E-state index in [-0.39, 0.29) is 32.2 Å². The second kappa shape index (κ2) is 12.6. The fraction of sp³-hybridized carbons (Fsp3) is 0.500. The highest BCUT2D eigenvalue weighted by Crippen LogP contribution is 2.20. The van der Waals surface area contributed by atoms with Crippen LogP contribution in [-0.2, 0) is 36.8 Å². The van der Waals surface area contributed by atoms with Crippen LogP contribution in [0.25, 0.3) is 0 Å². The summed E-state index contributed by atoms with van der Waals surface area (Å²) in [5, 5.41) is 14.5. The average molecular weight is 518 g/mol. The number of hydrogen-bond acceptors (Lipinski definition) is 8. The Morgan fingerprint density at radius 3 is 2.27 bits per heavy atom. The van der Waals surface area contributed by atoms with E-state index in [2.05, 4.69) is 30.6 Å². The minimum atomic E-state index is -1.33. The smallest absolute Gasteiger partial charge is 0.326 e. The van der Waals surface area contributed by atoms with E-state index >= 15 is 0 Å². The maximum Gasteiger partial charge on any atom is 0.326 e.